The molecule has 4 heteroatoms. The molecule has 0 saturated carbocycles. The van der Waals surface area contributed by atoms with E-state index in [9.17, 15) is 13.6 Å². The average Bonchev–Trinajstić information content (AvgIpc) is 2.40. The normalized spacial score (nSPS) is 11.4. The molecule has 0 atom stereocenters. The molecule has 2 rings (SSSR count). The summed E-state index contributed by atoms with van der Waals surface area (Å²) in [4.78, 5) is 10.9. The topological polar surface area (TPSA) is 37.3 Å². The number of carboxylic acids is 1. The maximum absolute atomic E-state index is 13.8. The van der Waals surface area contributed by atoms with Crippen molar-refractivity contribution in [3.05, 3.63) is 77.4 Å². The molecule has 2 nitrogen and oxygen atoms in total. The van der Waals surface area contributed by atoms with Crippen LogP contribution in [0.4, 0.5) is 8.78 Å². The van der Waals surface area contributed by atoms with Crippen molar-refractivity contribution >= 4 is 11.5 Å². The fourth-order valence-corrected chi connectivity index (χ4v) is 1.76. The van der Waals surface area contributed by atoms with Crippen LogP contribution in [0.25, 0.3) is 5.57 Å². The van der Waals surface area contributed by atoms with E-state index < -0.39 is 17.6 Å². The van der Waals surface area contributed by atoms with Crippen LogP contribution in [0.15, 0.2) is 54.6 Å². The maximum Gasteiger partial charge on any atom is 0.328 e. The van der Waals surface area contributed by atoms with E-state index in [1.807, 2.05) is 0 Å². The van der Waals surface area contributed by atoms with E-state index in [1.165, 1.54) is 0 Å². The molecule has 0 unspecified atom stereocenters. The van der Waals surface area contributed by atoms with E-state index in [0.29, 0.717) is 5.56 Å². The molecule has 2 aromatic carbocycles. The summed E-state index contributed by atoms with van der Waals surface area (Å²) in [5.74, 6) is -2.51. The number of benzene rings is 2. The van der Waals surface area contributed by atoms with E-state index in [2.05, 4.69) is 0 Å². The lowest BCUT2D eigenvalue weighted by atomic mass is 9.97. The van der Waals surface area contributed by atoms with Gasteiger partial charge in [0.2, 0.25) is 0 Å². The Hall–Kier alpha value is -2.49. The van der Waals surface area contributed by atoms with Crippen molar-refractivity contribution in [1.82, 2.24) is 0 Å². The third-order valence-corrected chi connectivity index (χ3v) is 2.57. The molecule has 0 saturated heterocycles. The van der Waals surface area contributed by atoms with Gasteiger partial charge in [0.25, 0.3) is 0 Å². The first kappa shape index (κ1) is 13.0. The third-order valence-electron chi connectivity index (χ3n) is 2.57. The van der Waals surface area contributed by atoms with Crippen LogP contribution in [-0.2, 0) is 4.79 Å². The Labute approximate surface area is 108 Å². The second-order valence-corrected chi connectivity index (χ2v) is 3.89. The average molecular weight is 260 g/mol. The molecule has 0 aliphatic heterocycles. The Morgan fingerprint density at radius 3 is 2.37 bits per heavy atom. The second-order valence-electron chi connectivity index (χ2n) is 3.89. The quantitative estimate of drug-likeness (QED) is 0.858. The first-order chi connectivity index (χ1) is 9.08. The molecule has 0 heterocycles. The Balaban J connectivity index is 2.63. The maximum atomic E-state index is 13.8. The largest absolute Gasteiger partial charge is 0.478 e. The summed E-state index contributed by atoms with van der Waals surface area (Å²) in [6, 6.07) is 11.4. The standard InChI is InChI=1S/C15H10F2O2/c16-11-6-7-14(17)13(8-11)12(9-15(18)19)10-4-2-1-3-5-10/h1-9H,(H,18,19)/b12-9+. The lowest BCUT2D eigenvalue weighted by Crippen LogP contribution is -1.98. The zero-order valence-corrected chi connectivity index (χ0v) is 9.81. The number of carboxylic acid groups (broad SMARTS) is 1. The molecule has 19 heavy (non-hydrogen) atoms. The van der Waals surface area contributed by atoms with Gasteiger partial charge in [0.15, 0.2) is 0 Å². The predicted molar refractivity (Wildman–Crippen MR) is 67.5 cm³/mol. The highest BCUT2D eigenvalue weighted by atomic mass is 19.1. The predicted octanol–water partition coefficient (Wildman–Crippen LogP) is 3.48. The van der Waals surface area contributed by atoms with E-state index in [4.69, 9.17) is 5.11 Å². The van der Waals surface area contributed by atoms with Gasteiger partial charge in [-0.25, -0.2) is 13.6 Å². The molecule has 0 amide bonds. The second kappa shape index (κ2) is 5.44. The smallest absolute Gasteiger partial charge is 0.328 e. The van der Waals surface area contributed by atoms with Crippen molar-refractivity contribution in [1.29, 1.82) is 0 Å². The molecule has 1 N–H and O–H groups in total. The number of carbonyl (C=O) groups is 1. The van der Waals surface area contributed by atoms with E-state index in [0.717, 1.165) is 24.3 Å². The van der Waals surface area contributed by atoms with Crippen LogP contribution in [-0.4, -0.2) is 11.1 Å². The Morgan fingerprint density at radius 1 is 1.05 bits per heavy atom. The highest BCUT2D eigenvalue weighted by Gasteiger charge is 2.12. The molecule has 0 spiro atoms. The summed E-state index contributed by atoms with van der Waals surface area (Å²) < 4.78 is 27.0. The van der Waals surface area contributed by atoms with E-state index in [-0.39, 0.29) is 11.1 Å². The van der Waals surface area contributed by atoms with Crippen LogP contribution in [0.2, 0.25) is 0 Å². The molecule has 0 aliphatic rings. The summed E-state index contributed by atoms with van der Waals surface area (Å²) >= 11 is 0. The highest BCUT2D eigenvalue weighted by molar-refractivity contribution is 5.95. The van der Waals surface area contributed by atoms with Crippen molar-refractivity contribution in [2.75, 3.05) is 0 Å². The molecule has 0 radical (unpaired) electrons. The third kappa shape index (κ3) is 3.04. The van der Waals surface area contributed by atoms with Crippen LogP contribution < -0.4 is 0 Å². The Kier molecular flexibility index (Phi) is 3.71. The van der Waals surface area contributed by atoms with Crippen LogP contribution in [0.3, 0.4) is 0 Å². The van der Waals surface area contributed by atoms with E-state index >= 15 is 0 Å². The van der Waals surface area contributed by atoms with Gasteiger partial charge in [-0.1, -0.05) is 30.3 Å². The molecular formula is C15H10F2O2. The van der Waals surface area contributed by atoms with Crippen LogP contribution >= 0.6 is 0 Å². The minimum absolute atomic E-state index is 0.0754. The first-order valence-electron chi connectivity index (χ1n) is 5.53. The first-order valence-corrected chi connectivity index (χ1v) is 5.53. The number of hydrogen-bond donors (Lipinski definition) is 1. The highest BCUT2D eigenvalue weighted by Crippen LogP contribution is 2.26. The number of aliphatic carboxylic acids is 1. The zero-order valence-electron chi connectivity index (χ0n) is 9.81. The van der Waals surface area contributed by atoms with Crippen molar-refractivity contribution in [2.45, 2.75) is 0 Å². The lowest BCUT2D eigenvalue weighted by Gasteiger charge is -2.09. The van der Waals surface area contributed by atoms with Gasteiger partial charge >= 0.3 is 5.97 Å². The SMILES string of the molecule is O=C(O)/C=C(\c1ccccc1)c1cc(F)ccc1F. The Morgan fingerprint density at radius 2 is 1.74 bits per heavy atom. The Bertz CT molecular complexity index is 634. The van der Waals surface area contributed by atoms with Crippen molar-refractivity contribution in [3.63, 3.8) is 0 Å². The minimum atomic E-state index is -1.22. The van der Waals surface area contributed by atoms with Crippen molar-refractivity contribution in [3.8, 4) is 0 Å². The summed E-state index contributed by atoms with van der Waals surface area (Å²) in [7, 11) is 0. The number of rotatable bonds is 3. The molecule has 0 fully saturated rings. The number of hydrogen-bond acceptors (Lipinski definition) is 1. The molecular weight excluding hydrogens is 250 g/mol. The van der Waals surface area contributed by atoms with Gasteiger partial charge in [0, 0.05) is 11.6 Å². The minimum Gasteiger partial charge on any atom is -0.478 e. The summed E-state index contributed by atoms with van der Waals surface area (Å²) in [6.07, 6.45) is 0.868. The van der Waals surface area contributed by atoms with Gasteiger partial charge in [-0.3, -0.25) is 0 Å². The molecule has 0 bridgehead atoms. The summed E-state index contributed by atoms with van der Waals surface area (Å²) in [6.45, 7) is 0. The van der Waals surface area contributed by atoms with E-state index in [1.54, 1.807) is 30.3 Å². The fourth-order valence-electron chi connectivity index (χ4n) is 1.76. The monoisotopic (exact) mass is 260 g/mol. The zero-order chi connectivity index (χ0) is 13.8. The van der Waals surface area contributed by atoms with Gasteiger partial charge in [0.05, 0.1) is 0 Å². The van der Waals surface area contributed by atoms with Crippen LogP contribution in [0.5, 0.6) is 0 Å². The summed E-state index contributed by atoms with van der Waals surface area (Å²) in [5.41, 5.74) is 0.563. The van der Waals surface area contributed by atoms with Crippen LogP contribution in [0, 0.1) is 11.6 Å². The van der Waals surface area contributed by atoms with Gasteiger partial charge in [0.1, 0.15) is 11.6 Å². The molecule has 96 valence electrons. The number of halogens is 2. The molecule has 0 aliphatic carbocycles. The molecule has 0 aromatic heterocycles. The fraction of sp³-hybridized carbons (Fsp3) is 0. The summed E-state index contributed by atoms with van der Waals surface area (Å²) in [5, 5.41) is 8.87. The van der Waals surface area contributed by atoms with Crippen LogP contribution in [0.1, 0.15) is 11.1 Å². The molecule has 2 aromatic rings. The van der Waals surface area contributed by atoms with Crippen molar-refractivity contribution in [2.24, 2.45) is 0 Å². The van der Waals surface area contributed by atoms with Crippen molar-refractivity contribution < 1.29 is 18.7 Å². The van der Waals surface area contributed by atoms with Gasteiger partial charge < -0.3 is 5.11 Å². The lowest BCUT2D eigenvalue weighted by molar-refractivity contribution is -0.131. The van der Waals surface area contributed by atoms with Gasteiger partial charge in [-0.2, -0.15) is 0 Å². The van der Waals surface area contributed by atoms with Gasteiger partial charge in [-0.05, 0) is 29.3 Å². The van der Waals surface area contributed by atoms with Gasteiger partial charge in [-0.15, -0.1) is 0 Å².